The molecule has 0 aromatic heterocycles. The molecular weight excluding hydrogens is 383 g/mol. The summed E-state index contributed by atoms with van der Waals surface area (Å²) in [6, 6.07) is 10.9. The van der Waals surface area contributed by atoms with Crippen molar-refractivity contribution in [2.24, 2.45) is 0 Å². The highest BCUT2D eigenvalue weighted by atomic mass is 32.2. The molecule has 2 aliphatic rings. The number of nitrogens with one attached hydrogen (secondary N) is 1. The topological polar surface area (TPSA) is 75.7 Å². The molecule has 4 rings (SSSR count). The van der Waals surface area contributed by atoms with E-state index in [9.17, 15) is 17.6 Å². The first-order valence-corrected chi connectivity index (χ1v) is 10.9. The lowest BCUT2D eigenvalue weighted by Crippen LogP contribution is -2.37. The third-order valence-electron chi connectivity index (χ3n) is 5.02. The molecule has 0 bridgehead atoms. The van der Waals surface area contributed by atoms with Crippen LogP contribution in [0.2, 0.25) is 0 Å². The number of carbonyl (C=O) groups excluding carboxylic acids is 1. The number of amides is 1. The SMILES string of the molecule is O=C(C1CCCO1)N1CCc2cc(NS(=O)(=O)Cc3ccccc3F)ccc21. The van der Waals surface area contributed by atoms with Gasteiger partial charge in [0.05, 0.1) is 5.75 Å². The van der Waals surface area contributed by atoms with Crippen LogP contribution in [0.3, 0.4) is 0 Å². The first kappa shape index (κ1) is 18.9. The van der Waals surface area contributed by atoms with Crippen molar-refractivity contribution in [3.8, 4) is 0 Å². The third-order valence-corrected chi connectivity index (χ3v) is 6.26. The monoisotopic (exact) mass is 404 g/mol. The van der Waals surface area contributed by atoms with Gasteiger partial charge < -0.3 is 9.64 Å². The molecule has 1 N–H and O–H groups in total. The number of rotatable bonds is 5. The van der Waals surface area contributed by atoms with Gasteiger partial charge in [-0.15, -0.1) is 0 Å². The third kappa shape index (κ3) is 3.88. The van der Waals surface area contributed by atoms with Crippen LogP contribution in [0.4, 0.5) is 15.8 Å². The molecule has 1 amide bonds. The molecular formula is C20H21FN2O4S. The predicted octanol–water partition coefficient (Wildman–Crippen LogP) is 2.84. The summed E-state index contributed by atoms with van der Waals surface area (Å²) in [5.74, 6) is -1.03. The molecule has 0 spiro atoms. The van der Waals surface area contributed by atoms with E-state index in [1.807, 2.05) is 0 Å². The number of carbonyl (C=O) groups is 1. The van der Waals surface area contributed by atoms with E-state index in [-0.39, 0.29) is 17.6 Å². The van der Waals surface area contributed by atoms with Crippen molar-refractivity contribution >= 4 is 27.3 Å². The highest BCUT2D eigenvalue weighted by molar-refractivity contribution is 7.91. The number of nitrogens with zero attached hydrogens (tertiary/aromatic N) is 1. The summed E-state index contributed by atoms with van der Waals surface area (Å²) in [6.07, 6.45) is 1.89. The Balaban J connectivity index is 1.49. The molecule has 2 aliphatic heterocycles. The fourth-order valence-electron chi connectivity index (χ4n) is 3.68. The van der Waals surface area contributed by atoms with Gasteiger partial charge in [-0.1, -0.05) is 18.2 Å². The molecule has 1 saturated heterocycles. The average molecular weight is 404 g/mol. The van der Waals surface area contributed by atoms with Crippen LogP contribution in [-0.2, 0) is 31.7 Å². The fraction of sp³-hybridized carbons (Fsp3) is 0.350. The summed E-state index contributed by atoms with van der Waals surface area (Å²) in [6.45, 7) is 1.17. The highest BCUT2D eigenvalue weighted by Crippen LogP contribution is 2.32. The largest absolute Gasteiger partial charge is 0.368 e. The second kappa shape index (κ2) is 7.52. The molecule has 2 heterocycles. The number of anilines is 2. The molecule has 2 aromatic carbocycles. The van der Waals surface area contributed by atoms with Crippen LogP contribution in [0.1, 0.15) is 24.0 Å². The van der Waals surface area contributed by atoms with Gasteiger partial charge in [0.15, 0.2) is 0 Å². The Bertz CT molecular complexity index is 1000. The molecule has 0 radical (unpaired) electrons. The van der Waals surface area contributed by atoms with Crippen LogP contribution in [0.5, 0.6) is 0 Å². The van der Waals surface area contributed by atoms with Crippen LogP contribution in [0.25, 0.3) is 0 Å². The van der Waals surface area contributed by atoms with E-state index in [0.717, 1.165) is 24.1 Å². The molecule has 8 heteroatoms. The van der Waals surface area contributed by atoms with Crippen molar-refractivity contribution in [1.82, 2.24) is 0 Å². The van der Waals surface area contributed by atoms with Gasteiger partial charge in [0.25, 0.3) is 5.91 Å². The minimum absolute atomic E-state index is 0.0378. The Hall–Kier alpha value is -2.45. The molecule has 6 nitrogen and oxygen atoms in total. The smallest absolute Gasteiger partial charge is 0.256 e. The normalized spacial score (nSPS) is 18.9. The Morgan fingerprint density at radius 2 is 2.07 bits per heavy atom. The zero-order valence-corrected chi connectivity index (χ0v) is 16.0. The number of ether oxygens (including phenoxy) is 1. The Kier molecular flexibility index (Phi) is 5.07. The summed E-state index contributed by atoms with van der Waals surface area (Å²) >= 11 is 0. The van der Waals surface area contributed by atoms with E-state index in [4.69, 9.17) is 4.74 Å². The summed E-state index contributed by atoms with van der Waals surface area (Å²) < 4.78 is 46.5. The second-order valence-electron chi connectivity index (χ2n) is 7.04. The van der Waals surface area contributed by atoms with Gasteiger partial charge >= 0.3 is 0 Å². The molecule has 28 heavy (non-hydrogen) atoms. The Labute approximate surface area is 163 Å². The lowest BCUT2D eigenvalue weighted by molar-refractivity contribution is -0.127. The average Bonchev–Trinajstić information content (AvgIpc) is 3.32. The number of fused-ring (bicyclic) bond motifs is 1. The van der Waals surface area contributed by atoms with Crippen molar-refractivity contribution in [3.05, 3.63) is 59.4 Å². The van der Waals surface area contributed by atoms with E-state index in [1.54, 1.807) is 29.2 Å². The van der Waals surface area contributed by atoms with Gasteiger partial charge in [-0.25, -0.2) is 12.8 Å². The van der Waals surface area contributed by atoms with Crippen molar-refractivity contribution < 1.29 is 22.3 Å². The number of benzene rings is 2. The standard InChI is InChI=1S/C20H21FN2O4S/c21-17-5-2-1-4-15(17)13-28(25,26)22-16-7-8-18-14(12-16)9-10-23(18)20(24)19-6-3-11-27-19/h1-2,4-5,7-8,12,19,22H,3,6,9-11,13H2. The number of halogens is 1. The first-order chi connectivity index (χ1) is 13.4. The Morgan fingerprint density at radius 3 is 2.82 bits per heavy atom. The lowest BCUT2D eigenvalue weighted by Gasteiger charge is -2.21. The van der Waals surface area contributed by atoms with E-state index in [2.05, 4.69) is 4.72 Å². The summed E-state index contributed by atoms with van der Waals surface area (Å²) in [4.78, 5) is 14.3. The quantitative estimate of drug-likeness (QED) is 0.832. The second-order valence-corrected chi connectivity index (χ2v) is 8.76. The molecule has 0 aliphatic carbocycles. The van der Waals surface area contributed by atoms with Gasteiger partial charge in [-0.2, -0.15) is 0 Å². The van der Waals surface area contributed by atoms with Crippen LogP contribution in [-0.4, -0.2) is 33.6 Å². The van der Waals surface area contributed by atoms with Gasteiger partial charge in [0.2, 0.25) is 10.0 Å². The molecule has 148 valence electrons. The highest BCUT2D eigenvalue weighted by Gasteiger charge is 2.32. The van der Waals surface area contributed by atoms with Crippen molar-refractivity contribution in [2.75, 3.05) is 22.8 Å². The van der Waals surface area contributed by atoms with Crippen LogP contribution in [0.15, 0.2) is 42.5 Å². The number of sulfonamides is 1. The molecule has 1 fully saturated rings. The van der Waals surface area contributed by atoms with Gasteiger partial charge in [-0.05, 0) is 49.1 Å². The molecule has 1 atom stereocenters. The number of hydrogen-bond acceptors (Lipinski definition) is 4. The van der Waals surface area contributed by atoms with Crippen LogP contribution in [0, 0.1) is 5.82 Å². The van der Waals surface area contributed by atoms with Crippen LogP contribution >= 0.6 is 0 Å². The van der Waals surface area contributed by atoms with Crippen molar-refractivity contribution in [1.29, 1.82) is 0 Å². The molecule has 0 saturated carbocycles. The Morgan fingerprint density at radius 1 is 1.25 bits per heavy atom. The summed E-state index contributed by atoms with van der Waals surface area (Å²) in [7, 11) is -3.76. The number of hydrogen-bond donors (Lipinski definition) is 1. The van der Waals surface area contributed by atoms with E-state index < -0.39 is 21.6 Å². The zero-order valence-electron chi connectivity index (χ0n) is 15.2. The summed E-state index contributed by atoms with van der Waals surface area (Å²) in [5, 5.41) is 0. The first-order valence-electron chi connectivity index (χ1n) is 9.23. The van der Waals surface area contributed by atoms with Crippen molar-refractivity contribution in [3.63, 3.8) is 0 Å². The fourth-order valence-corrected chi connectivity index (χ4v) is 4.88. The minimum atomic E-state index is -3.76. The lowest BCUT2D eigenvalue weighted by atomic mass is 10.1. The minimum Gasteiger partial charge on any atom is -0.368 e. The van der Waals surface area contributed by atoms with E-state index >= 15 is 0 Å². The maximum absolute atomic E-state index is 13.7. The van der Waals surface area contributed by atoms with E-state index in [0.29, 0.717) is 25.3 Å². The van der Waals surface area contributed by atoms with Gasteiger partial charge in [0.1, 0.15) is 11.9 Å². The van der Waals surface area contributed by atoms with Crippen molar-refractivity contribution in [2.45, 2.75) is 31.1 Å². The summed E-state index contributed by atoms with van der Waals surface area (Å²) in [5.41, 5.74) is 2.21. The van der Waals surface area contributed by atoms with E-state index in [1.165, 1.54) is 18.2 Å². The zero-order chi connectivity index (χ0) is 19.7. The molecule has 2 aromatic rings. The van der Waals surface area contributed by atoms with Gasteiger partial charge in [-0.3, -0.25) is 9.52 Å². The molecule has 1 unspecified atom stereocenters. The van der Waals surface area contributed by atoms with Crippen LogP contribution < -0.4 is 9.62 Å². The maximum atomic E-state index is 13.7. The van der Waals surface area contributed by atoms with Gasteiger partial charge in [0, 0.05) is 30.1 Å². The maximum Gasteiger partial charge on any atom is 0.256 e. The predicted molar refractivity (Wildman–Crippen MR) is 104 cm³/mol.